The summed E-state index contributed by atoms with van der Waals surface area (Å²) in [6.07, 6.45) is -0.768. The van der Waals surface area contributed by atoms with Crippen molar-refractivity contribution in [1.82, 2.24) is 0 Å². The molecule has 0 aliphatic carbocycles. The van der Waals surface area contributed by atoms with Crippen molar-refractivity contribution < 1.29 is 18.0 Å². The molecule has 4 nitrogen and oxygen atoms in total. The van der Waals surface area contributed by atoms with Crippen LogP contribution in [0.4, 0.5) is 0 Å². The molecule has 0 spiro atoms. The maximum atomic E-state index is 12.9. The molecule has 0 aliphatic rings. The van der Waals surface area contributed by atoms with Gasteiger partial charge in [-0.05, 0) is 43.6 Å². The van der Waals surface area contributed by atoms with Gasteiger partial charge in [-0.25, -0.2) is 8.42 Å². The topological polar surface area (TPSA) is 63.6 Å². The van der Waals surface area contributed by atoms with Crippen molar-refractivity contribution in [2.75, 3.05) is 6.61 Å². The van der Waals surface area contributed by atoms with Crippen molar-refractivity contribution in [1.29, 1.82) is 0 Å². The quantitative estimate of drug-likeness (QED) is 0.539. The SMILES string of the molecule is C=C(C)C(C[C@H](O)CO[Si](C)(C)C(C)(C)C)S(=O)(=O)c1ccccc1. The summed E-state index contributed by atoms with van der Waals surface area (Å²) in [7, 11) is -5.57. The van der Waals surface area contributed by atoms with Gasteiger partial charge < -0.3 is 9.53 Å². The van der Waals surface area contributed by atoms with Crippen molar-refractivity contribution >= 4 is 18.2 Å². The maximum Gasteiger partial charge on any atom is 0.192 e. The first-order valence-corrected chi connectivity index (χ1v) is 13.0. The van der Waals surface area contributed by atoms with Crippen LogP contribution in [0.25, 0.3) is 0 Å². The Bertz CT molecular complexity index is 675. The van der Waals surface area contributed by atoms with E-state index in [9.17, 15) is 13.5 Å². The molecule has 2 atom stereocenters. The van der Waals surface area contributed by atoms with Gasteiger partial charge in [0, 0.05) is 0 Å². The minimum absolute atomic E-state index is 0.0383. The molecule has 1 unspecified atom stereocenters. The molecule has 0 fully saturated rings. The van der Waals surface area contributed by atoms with Gasteiger partial charge in [0.05, 0.1) is 22.9 Å². The van der Waals surface area contributed by atoms with Gasteiger partial charge in [0.2, 0.25) is 0 Å². The lowest BCUT2D eigenvalue weighted by molar-refractivity contribution is 0.0937. The largest absolute Gasteiger partial charge is 0.414 e. The van der Waals surface area contributed by atoms with Gasteiger partial charge >= 0.3 is 0 Å². The Morgan fingerprint density at radius 2 is 1.76 bits per heavy atom. The van der Waals surface area contributed by atoms with Gasteiger partial charge in [-0.2, -0.15) is 0 Å². The molecule has 0 bridgehead atoms. The second kappa shape index (κ2) is 8.16. The van der Waals surface area contributed by atoms with E-state index in [1.54, 1.807) is 37.3 Å². The fourth-order valence-electron chi connectivity index (χ4n) is 2.20. The molecule has 0 heterocycles. The molecule has 0 aromatic heterocycles. The van der Waals surface area contributed by atoms with Crippen LogP contribution in [-0.2, 0) is 14.3 Å². The van der Waals surface area contributed by atoms with Crippen molar-refractivity contribution in [2.24, 2.45) is 0 Å². The number of benzene rings is 1. The summed E-state index contributed by atoms with van der Waals surface area (Å²) >= 11 is 0. The molecule has 0 saturated heterocycles. The van der Waals surface area contributed by atoms with Crippen molar-refractivity contribution in [3.63, 3.8) is 0 Å². The Morgan fingerprint density at radius 1 is 1.24 bits per heavy atom. The normalized spacial score (nSPS) is 15.6. The number of hydrogen-bond donors (Lipinski definition) is 1. The van der Waals surface area contributed by atoms with E-state index < -0.39 is 29.5 Å². The van der Waals surface area contributed by atoms with Crippen LogP contribution in [0.15, 0.2) is 47.4 Å². The molecular weight excluding hydrogens is 352 g/mol. The van der Waals surface area contributed by atoms with E-state index in [1.165, 1.54) is 0 Å². The monoisotopic (exact) mass is 384 g/mol. The van der Waals surface area contributed by atoms with E-state index >= 15 is 0 Å². The van der Waals surface area contributed by atoms with Crippen LogP contribution in [0.3, 0.4) is 0 Å². The van der Waals surface area contributed by atoms with Gasteiger partial charge in [-0.15, -0.1) is 0 Å². The lowest BCUT2D eigenvalue weighted by atomic mass is 10.1. The molecule has 25 heavy (non-hydrogen) atoms. The fourth-order valence-corrected chi connectivity index (χ4v) is 5.12. The average Bonchev–Trinajstić information content (AvgIpc) is 2.50. The highest BCUT2D eigenvalue weighted by atomic mass is 32.2. The van der Waals surface area contributed by atoms with Crippen LogP contribution in [-0.4, -0.2) is 39.8 Å². The Kier molecular flexibility index (Phi) is 7.21. The molecule has 0 radical (unpaired) electrons. The summed E-state index contributed by atoms with van der Waals surface area (Å²) in [5, 5.41) is 9.61. The maximum absolute atomic E-state index is 12.9. The second-order valence-corrected chi connectivity index (χ2v) is 15.1. The van der Waals surface area contributed by atoms with Crippen LogP contribution >= 0.6 is 0 Å². The number of rotatable bonds is 8. The predicted molar refractivity (Wildman–Crippen MR) is 106 cm³/mol. The fraction of sp³-hybridized carbons (Fsp3) is 0.579. The molecule has 0 saturated carbocycles. The Labute approximate surface area is 154 Å². The van der Waals surface area contributed by atoms with Crippen LogP contribution in [0, 0.1) is 0 Å². The van der Waals surface area contributed by atoms with E-state index in [2.05, 4.69) is 40.4 Å². The molecule has 1 N–H and O–H groups in total. The van der Waals surface area contributed by atoms with Crippen LogP contribution < -0.4 is 0 Å². The van der Waals surface area contributed by atoms with Crippen LogP contribution in [0.2, 0.25) is 18.1 Å². The Balaban J connectivity index is 2.88. The van der Waals surface area contributed by atoms with Gasteiger partial charge in [0.25, 0.3) is 0 Å². The van der Waals surface area contributed by atoms with Crippen LogP contribution in [0.1, 0.15) is 34.1 Å². The van der Waals surface area contributed by atoms with Gasteiger partial charge in [0.1, 0.15) is 0 Å². The lowest BCUT2D eigenvalue weighted by Crippen LogP contribution is -2.43. The zero-order valence-corrected chi connectivity index (χ0v) is 18.1. The highest BCUT2D eigenvalue weighted by Crippen LogP contribution is 2.36. The summed E-state index contributed by atoms with van der Waals surface area (Å²) in [5.74, 6) is 0. The molecule has 6 heteroatoms. The number of hydrogen-bond acceptors (Lipinski definition) is 4. The first-order valence-electron chi connectivity index (χ1n) is 8.55. The highest BCUT2D eigenvalue weighted by Gasteiger charge is 2.38. The van der Waals surface area contributed by atoms with Gasteiger partial charge in [-0.1, -0.05) is 51.1 Å². The standard InChI is InChI=1S/C19H32O4SSi/c1-15(2)18(24(21,22)17-11-9-8-10-12-17)13-16(20)14-23-25(6,7)19(3,4)5/h8-12,16,18,20H,1,13-14H2,2-7H3/t16-,18?/m0/s1. The summed E-state index contributed by atoms with van der Waals surface area (Å²) in [6.45, 7) is 16.3. The second-order valence-electron chi connectivity index (χ2n) is 8.15. The third-order valence-corrected chi connectivity index (χ3v) is 11.7. The van der Waals surface area contributed by atoms with E-state index in [0.717, 1.165) is 0 Å². The summed E-state index contributed by atoms with van der Waals surface area (Å²) in [4.78, 5) is 0.250. The van der Waals surface area contributed by atoms with Crippen molar-refractivity contribution in [3.8, 4) is 0 Å². The summed E-state index contributed by atoms with van der Waals surface area (Å²) in [5.41, 5.74) is 0.523. The van der Waals surface area contributed by atoms with E-state index in [1.807, 2.05) is 0 Å². The highest BCUT2D eigenvalue weighted by molar-refractivity contribution is 7.92. The number of aliphatic hydroxyl groups is 1. The molecule has 1 aromatic carbocycles. The molecular formula is C19H32O4SSi. The molecule has 1 rings (SSSR count). The summed E-state index contributed by atoms with van der Waals surface area (Å²) in [6, 6.07) is 8.31. The summed E-state index contributed by atoms with van der Waals surface area (Å²) < 4.78 is 31.8. The first kappa shape index (κ1) is 22.1. The van der Waals surface area contributed by atoms with E-state index in [4.69, 9.17) is 4.43 Å². The lowest BCUT2D eigenvalue weighted by Gasteiger charge is -2.37. The Morgan fingerprint density at radius 3 is 2.20 bits per heavy atom. The molecule has 142 valence electrons. The van der Waals surface area contributed by atoms with Gasteiger partial charge in [-0.3, -0.25) is 0 Å². The minimum atomic E-state index is -3.58. The zero-order chi connectivity index (χ0) is 19.5. The van der Waals surface area contributed by atoms with E-state index in [-0.39, 0.29) is 23.0 Å². The van der Waals surface area contributed by atoms with E-state index in [0.29, 0.717) is 5.57 Å². The average molecular weight is 385 g/mol. The predicted octanol–water partition coefficient (Wildman–Crippen LogP) is 4.18. The Hall–Kier alpha value is -0.953. The molecule has 0 aliphatic heterocycles. The first-order chi connectivity index (χ1) is 11.3. The number of aliphatic hydroxyl groups excluding tert-OH is 1. The number of sulfone groups is 1. The van der Waals surface area contributed by atoms with Crippen molar-refractivity contribution in [2.45, 2.75) is 68.5 Å². The third-order valence-electron chi connectivity index (χ3n) is 4.92. The smallest absolute Gasteiger partial charge is 0.192 e. The van der Waals surface area contributed by atoms with Gasteiger partial charge in [0.15, 0.2) is 18.2 Å². The molecule has 0 amide bonds. The zero-order valence-electron chi connectivity index (χ0n) is 16.2. The third kappa shape index (κ3) is 5.77. The minimum Gasteiger partial charge on any atom is -0.414 e. The van der Waals surface area contributed by atoms with Crippen molar-refractivity contribution in [3.05, 3.63) is 42.5 Å². The van der Waals surface area contributed by atoms with Crippen LogP contribution in [0.5, 0.6) is 0 Å². The molecule has 1 aromatic rings.